The predicted octanol–water partition coefficient (Wildman–Crippen LogP) is 6.96. The van der Waals surface area contributed by atoms with Gasteiger partial charge in [0.1, 0.15) is 0 Å². The van der Waals surface area contributed by atoms with Crippen molar-refractivity contribution in [3.8, 4) is 0 Å². The summed E-state index contributed by atoms with van der Waals surface area (Å²) in [6, 6.07) is 54.4. The topological polar surface area (TPSA) is 34.0 Å². The van der Waals surface area contributed by atoms with Gasteiger partial charge in [-0.3, -0.25) is 4.57 Å². The third kappa shape index (κ3) is 6.39. The van der Waals surface area contributed by atoms with E-state index in [0.717, 1.165) is 22.8 Å². The third-order valence-electron chi connectivity index (χ3n) is 6.87. The van der Waals surface area contributed by atoms with E-state index in [1.807, 2.05) is 34.9 Å². The molecule has 1 amide bonds. The second kappa shape index (κ2) is 12.9. The van der Waals surface area contributed by atoms with Crippen LogP contribution in [-0.2, 0) is 6.16 Å². The lowest BCUT2D eigenvalue weighted by Gasteiger charge is -2.20. The van der Waals surface area contributed by atoms with Crippen LogP contribution in [0.4, 0.5) is 10.5 Å². The zero-order valence-corrected chi connectivity index (χ0v) is 24.3. The van der Waals surface area contributed by atoms with Gasteiger partial charge in [-0.25, -0.2) is 4.79 Å². The maximum Gasteiger partial charge on any atom is 0.330 e. The Morgan fingerprint density at radius 3 is 1.41 bits per heavy atom. The highest BCUT2D eigenvalue weighted by Crippen LogP contribution is 2.40. The number of aromatic nitrogens is 1. The average molecular weight is 569 g/mol. The first-order valence-electron chi connectivity index (χ1n) is 13.6. The number of nitrogens with zero attached hydrogens (tertiary/aromatic N) is 1. The molecule has 6 aromatic rings. The summed E-state index contributed by atoms with van der Waals surface area (Å²) in [5, 5.41) is 9.38. The molecular weight excluding hydrogens is 538 g/mol. The number of amides is 1. The van der Waals surface area contributed by atoms with Gasteiger partial charge in [0.15, 0.2) is 0 Å². The highest BCUT2D eigenvalue weighted by atomic mass is 31.1. The van der Waals surface area contributed by atoms with Gasteiger partial charge in [-0.15, -0.1) is 0 Å². The first-order chi connectivity index (χ1) is 20.3. The van der Waals surface area contributed by atoms with E-state index in [0.29, 0.717) is 0 Å². The van der Waals surface area contributed by atoms with E-state index in [-0.39, 0.29) is 6.03 Å². The fourth-order valence-electron chi connectivity index (χ4n) is 4.94. The van der Waals surface area contributed by atoms with E-state index >= 15 is 0 Å². The number of hydrogen-bond donors (Lipinski definition) is 1. The van der Waals surface area contributed by atoms with Gasteiger partial charge < -0.3 is 5.32 Å². The molecule has 0 aliphatic rings. The van der Waals surface area contributed by atoms with Crippen molar-refractivity contribution in [2.24, 2.45) is 0 Å². The molecule has 0 aliphatic heterocycles. The zero-order valence-electron chi connectivity index (χ0n) is 22.5. The second-order valence-electron chi connectivity index (χ2n) is 9.62. The maximum atomic E-state index is 13.9. The summed E-state index contributed by atoms with van der Waals surface area (Å²) < 4.78 is 1.84. The van der Waals surface area contributed by atoms with E-state index in [2.05, 4.69) is 139 Å². The number of carbonyl (C=O) groups excluding carboxylic acids is 1. The molecule has 0 atom stereocenters. The van der Waals surface area contributed by atoms with Crippen LogP contribution in [0.5, 0.6) is 0 Å². The van der Waals surface area contributed by atoms with Crippen LogP contribution in [0.25, 0.3) is 0 Å². The maximum absolute atomic E-state index is 13.9. The van der Waals surface area contributed by atoms with Crippen molar-refractivity contribution in [2.75, 3.05) is 5.32 Å². The van der Waals surface area contributed by atoms with Crippen molar-refractivity contribution in [1.82, 2.24) is 4.57 Å². The molecule has 0 radical (unpaired) electrons. The van der Waals surface area contributed by atoms with Gasteiger partial charge in [0.25, 0.3) is 0 Å². The smallest absolute Gasteiger partial charge is 0.307 e. The molecule has 0 bridgehead atoms. The highest BCUT2D eigenvalue weighted by Gasteiger charge is 2.24. The Morgan fingerprint density at radius 1 is 0.537 bits per heavy atom. The van der Waals surface area contributed by atoms with Crippen LogP contribution in [0.3, 0.4) is 0 Å². The first-order valence-corrected chi connectivity index (χ1v) is 16.5. The number of hydrogen-bond acceptors (Lipinski definition) is 1. The van der Waals surface area contributed by atoms with Crippen molar-refractivity contribution in [3.63, 3.8) is 0 Å². The van der Waals surface area contributed by atoms with Crippen molar-refractivity contribution in [1.29, 1.82) is 0 Å². The van der Waals surface area contributed by atoms with Crippen molar-refractivity contribution >= 4 is 54.1 Å². The van der Waals surface area contributed by atoms with Crippen LogP contribution >= 0.6 is 15.8 Å². The van der Waals surface area contributed by atoms with Gasteiger partial charge in [-0.2, -0.15) is 0 Å². The quantitative estimate of drug-likeness (QED) is 0.198. The van der Waals surface area contributed by atoms with E-state index in [9.17, 15) is 4.79 Å². The number of nitrogens with one attached hydrogen (secondary N) is 1. The van der Waals surface area contributed by atoms with Gasteiger partial charge >= 0.3 is 6.03 Å². The number of para-hydroxylation sites is 1. The van der Waals surface area contributed by atoms with Crippen LogP contribution in [0, 0.1) is 0 Å². The number of rotatable bonds is 8. The Kier molecular flexibility index (Phi) is 8.48. The highest BCUT2D eigenvalue weighted by molar-refractivity contribution is 7.79. The molecule has 1 N–H and O–H groups in total. The fraction of sp³-hybridized carbons (Fsp3) is 0.0278. The van der Waals surface area contributed by atoms with Crippen LogP contribution in [0.2, 0.25) is 0 Å². The molecule has 0 unspecified atom stereocenters. The third-order valence-corrected chi connectivity index (χ3v) is 11.7. The predicted molar refractivity (Wildman–Crippen MR) is 177 cm³/mol. The molecule has 5 aromatic carbocycles. The first kappa shape index (κ1) is 26.9. The molecule has 0 spiro atoms. The van der Waals surface area contributed by atoms with Crippen molar-refractivity contribution < 1.29 is 4.79 Å². The molecule has 0 aliphatic carbocycles. The fourth-order valence-corrected chi connectivity index (χ4v) is 9.58. The summed E-state index contributed by atoms with van der Waals surface area (Å²) >= 11 is 0. The van der Waals surface area contributed by atoms with Crippen molar-refractivity contribution in [3.05, 3.63) is 170 Å². The lowest BCUT2D eigenvalue weighted by molar-refractivity contribution is 0.253. The SMILES string of the molecule is O=C(Nc1ccccc1)n1cc(P(c2ccccc2)c2ccccc2)cc1CP(c1ccccc1)c1ccccc1. The lowest BCUT2D eigenvalue weighted by atomic mass is 10.3. The van der Waals surface area contributed by atoms with Crippen LogP contribution in [-0.4, -0.2) is 10.6 Å². The molecule has 200 valence electrons. The monoisotopic (exact) mass is 568 g/mol. The zero-order chi connectivity index (χ0) is 27.9. The molecule has 41 heavy (non-hydrogen) atoms. The van der Waals surface area contributed by atoms with Gasteiger partial charge in [-0.05, 0) is 55.3 Å². The minimum atomic E-state index is -0.853. The lowest BCUT2D eigenvalue weighted by Crippen LogP contribution is -2.23. The van der Waals surface area contributed by atoms with Crippen LogP contribution < -0.4 is 31.8 Å². The minimum Gasteiger partial charge on any atom is -0.307 e. The molecule has 0 fully saturated rings. The standard InChI is InChI=1S/C36H30N2OP2/c39-36(37-29-16-6-1-7-17-29)38-27-35(41(33-22-12-4-13-23-33)34-24-14-5-15-25-34)26-30(38)28-40(31-18-8-2-9-19-31)32-20-10-3-11-21-32/h1-27H,28H2,(H,37,39). The summed E-state index contributed by atoms with van der Waals surface area (Å²) in [5.74, 6) is 0. The van der Waals surface area contributed by atoms with Gasteiger partial charge in [0.05, 0.1) is 0 Å². The molecule has 1 heterocycles. The molecular formula is C36H30N2OP2. The number of anilines is 1. The van der Waals surface area contributed by atoms with E-state index in [1.54, 1.807) is 0 Å². The number of benzene rings is 5. The number of carbonyl (C=O) groups is 1. The molecule has 6 rings (SSSR count). The summed E-state index contributed by atoms with van der Waals surface area (Å²) in [6.45, 7) is 0. The van der Waals surface area contributed by atoms with Gasteiger partial charge in [-0.1, -0.05) is 140 Å². The molecule has 1 aromatic heterocycles. The molecule has 3 nitrogen and oxygen atoms in total. The molecule has 0 saturated heterocycles. The van der Waals surface area contributed by atoms with E-state index < -0.39 is 15.8 Å². The molecule has 5 heteroatoms. The molecule has 0 saturated carbocycles. The summed E-state index contributed by atoms with van der Waals surface area (Å²) in [6.07, 6.45) is 2.81. The second-order valence-corrected chi connectivity index (χ2v) is 14.0. The largest absolute Gasteiger partial charge is 0.330 e. The Bertz CT molecular complexity index is 1610. The van der Waals surface area contributed by atoms with E-state index in [1.165, 1.54) is 21.2 Å². The van der Waals surface area contributed by atoms with Crippen LogP contribution in [0.1, 0.15) is 5.69 Å². The van der Waals surface area contributed by atoms with Crippen molar-refractivity contribution in [2.45, 2.75) is 6.16 Å². The Balaban J connectivity index is 1.47. The van der Waals surface area contributed by atoms with Gasteiger partial charge in [0, 0.05) is 29.0 Å². The van der Waals surface area contributed by atoms with Crippen LogP contribution in [0.15, 0.2) is 164 Å². The Labute approximate surface area is 244 Å². The summed E-state index contributed by atoms with van der Waals surface area (Å²) in [4.78, 5) is 13.9. The van der Waals surface area contributed by atoms with E-state index in [4.69, 9.17) is 0 Å². The normalized spacial score (nSPS) is 11.1. The summed E-state index contributed by atoms with van der Waals surface area (Å²) in [7, 11) is -1.59. The average Bonchev–Trinajstić information content (AvgIpc) is 3.46. The van der Waals surface area contributed by atoms with Gasteiger partial charge in [0.2, 0.25) is 0 Å². The Hall–Kier alpha value is -4.29. The Morgan fingerprint density at radius 2 is 0.951 bits per heavy atom. The summed E-state index contributed by atoms with van der Waals surface area (Å²) in [5.41, 5.74) is 1.78. The minimum absolute atomic E-state index is 0.149.